The van der Waals surface area contributed by atoms with Gasteiger partial charge in [0.2, 0.25) is 5.91 Å². The van der Waals surface area contributed by atoms with Crippen LogP contribution < -0.4 is 0 Å². The molecule has 1 saturated heterocycles. The molecule has 0 saturated carbocycles. The molecule has 1 amide bonds. The molecule has 0 bridgehead atoms. The van der Waals surface area contributed by atoms with Gasteiger partial charge in [-0.05, 0) is 35.9 Å². The average molecular weight is 301 g/mol. The lowest BCUT2D eigenvalue weighted by atomic mass is 9.93. The standard InChI is InChI=1S/C16H19N3OS/c1-18-11-14(10-17-18)13-4-2-8-19(12-13)16(20)7-6-15-5-3-9-21-15/h3,5-7,9-11,13H,2,4,8,12H2,1H3. The highest BCUT2D eigenvalue weighted by molar-refractivity contribution is 7.10. The lowest BCUT2D eigenvalue weighted by Crippen LogP contribution is -2.38. The summed E-state index contributed by atoms with van der Waals surface area (Å²) in [5.74, 6) is 0.517. The molecule has 0 aliphatic carbocycles. The van der Waals surface area contributed by atoms with Gasteiger partial charge >= 0.3 is 0 Å². The first kappa shape index (κ1) is 14.1. The molecular weight excluding hydrogens is 282 g/mol. The number of nitrogens with zero attached hydrogens (tertiary/aromatic N) is 3. The van der Waals surface area contributed by atoms with E-state index in [4.69, 9.17) is 0 Å². The van der Waals surface area contributed by atoms with Crippen molar-refractivity contribution in [3.63, 3.8) is 0 Å². The van der Waals surface area contributed by atoms with E-state index in [0.29, 0.717) is 5.92 Å². The normalized spacial score (nSPS) is 19.3. The van der Waals surface area contributed by atoms with Crippen molar-refractivity contribution in [3.8, 4) is 0 Å². The third-order valence-corrected chi connectivity index (χ3v) is 4.70. The predicted molar refractivity (Wildman–Crippen MR) is 85.1 cm³/mol. The molecule has 2 aromatic rings. The molecule has 0 radical (unpaired) electrons. The molecule has 110 valence electrons. The zero-order chi connectivity index (χ0) is 14.7. The minimum absolute atomic E-state index is 0.108. The molecule has 0 spiro atoms. The van der Waals surface area contributed by atoms with Gasteiger partial charge in [0.25, 0.3) is 0 Å². The zero-order valence-electron chi connectivity index (χ0n) is 12.1. The van der Waals surface area contributed by atoms with Crippen LogP contribution in [-0.2, 0) is 11.8 Å². The molecule has 0 aromatic carbocycles. The molecular formula is C16H19N3OS. The number of rotatable bonds is 3. The smallest absolute Gasteiger partial charge is 0.246 e. The van der Waals surface area contributed by atoms with Crippen molar-refractivity contribution in [2.45, 2.75) is 18.8 Å². The molecule has 4 nitrogen and oxygen atoms in total. The van der Waals surface area contributed by atoms with Gasteiger partial charge in [-0.1, -0.05) is 6.07 Å². The van der Waals surface area contributed by atoms with Crippen LogP contribution in [-0.4, -0.2) is 33.7 Å². The lowest BCUT2D eigenvalue weighted by molar-refractivity contribution is -0.127. The fourth-order valence-electron chi connectivity index (χ4n) is 2.75. The lowest BCUT2D eigenvalue weighted by Gasteiger charge is -2.31. The Morgan fingerprint density at radius 1 is 1.52 bits per heavy atom. The van der Waals surface area contributed by atoms with Crippen LogP contribution in [0.4, 0.5) is 0 Å². The number of carbonyl (C=O) groups excluding carboxylic acids is 1. The monoisotopic (exact) mass is 301 g/mol. The fraction of sp³-hybridized carbons (Fsp3) is 0.375. The van der Waals surface area contributed by atoms with Crippen molar-refractivity contribution in [1.82, 2.24) is 14.7 Å². The molecule has 1 aliphatic heterocycles. The van der Waals surface area contributed by atoms with E-state index < -0.39 is 0 Å². The summed E-state index contributed by atoms with van der Waals surface area (Å²) in [7, 11) is 1.93. The van der Waals surface area contributed by atoms with E-state index in [1.807, 2.05) is 46.4 Å². The average Bonchev–Trinajstić information content (AvgIpc) is 3.16. The van der Waals surface area contributed by atoms with Gasteiger partial charge in [0.1, 0.15) is 0 Å². The second-order valence-corrected chi connectivity index (χ2v) is 6.40. The van der Waals surface area contributed by atoms with Crippen molar-refractivity contribution in [1.29, 1.82) is 0 Å². The van der Waals surface area contributed by atoms with Gasteiger partial charge in [0.05, 0.1) is 6.20 Å². The molecule has 1 aliphatic rings. The van der Waals surface area contributed by atoms with E-state index in [-0.39, 0.29) is 5.91 Å². The van der Waals surface area contributed by atoms with Gasteiger partial charge in [0.15, 0.2) is 0 Å². The van der Waals surface area contributed by atoms with E-state index in [0.717, 1.165) is 30.8 Å². The highest BCUT2D eigenvalue weighted by Gasteiger charge is 2.24. The van der Waals surface area contributed by atoms with Gasteiger partial charge < -0.3 is 4.90 Å². The first-order valence-corrected chi connectivity index (χ1v) is 8.09. The van der Waals surface area contributed by atoms with E-state index in [1.165, 1.54) is 5.56 Å². The molecule has 21 heavy (non-hydrogen) atoms. The van der Waals surface area contributed by atoms with E-state index in [2.05, 4.69) is 11.3 Å². The Morgan fingerprint density at radius 2 is 2.43 bits per heavy atom. The summed E-state index contributed by atoms with van der Waals surface area (Å²) >= 11 is 1.64. The molecule has 3 rings (SSSR count). The Hall–Kier alpha value is -1.88. The maximum atomic E-state index is 12.3. The highest BCUT2D eigenvalue weighted by Crippen LogP contribution is 2.26. The Balaban J connectivity index is 1.64. The number of amides is 1. The molecule has 1 atom stereocenters. The van der Waals surface area contributed by atoms with Crippen LogP contribution in [0, 0.1) is 0 Å². The van der Waals surface area contributed by atoms with Crippen LogP contribution in [0.1, 0.15) is 29.2 Å². The first-order chi connectivity index (χ1) is 10.2. The van der Waals surface area contributed by atoms with Crippen LogP contribution in [0.3, 0.4) is 0 Å². The summed E-state index contributed by atoms with van der Waals surface area (Å²) in [5, 5.41) is 6.25. The molecule has 3 heterocycles. The maximum absolute atomic E-state index is 12.3. The van der Waals surface area contributed by atoms with Crippen molar-refractivity contribution in [2.75, 3.05) is 13.1 Å². The van der Waals surface area contributed by atoms with Crippen molar-refractivity contribution in [3.05, 3.63) is 46.4 Å². The third-order valence-electron chi connectivity index (χ3n) is 3.86. The van der Waals surface area contributed by atoms with Gasteiger partial charge in [-0.15, -0.1) is 11.3 Å². The topological polar surface area (TPSA) is 38.1 Å². The number of aromatic nitrogens is 2. The predicted octanol–water partition coefficient (Wildman–Crippen LogP) is 2.90. The van der Waals surface area contributed by atoms with Crippen molar-refractivity contribution < 1.29 is 4.79 Å². The Labute approximate surface area is 128 Å². The number of thiophene rings is 1. The summed E-state index contributed by atoms with van der Waals surface area (Å²) in [6.07, 6.45) is 9.75. The molecule has 1 unspecified atom stereocenters. The van der Waals surface area contributed by atoms with E-state index >= 15 is 0 Å². The molecule has 0 N–H and O–H groups in total. The molecule has 5 heteroatoms. The van der Waals surface area contributed by atoms with Crippen molar-refractivity contribution in [2.24, 2.45) is 7.05 Å². The summed E-state index contributed by atoms with van der Waals surface area (Å²) in [4.78, 5) is 15.4. The van der Waals surface area contributed by atoms with Crippen LogP contribution >= 0.6 is 11.3 Å². The summed E-state index contributed by atoms with van der Waals surface area (Å²) in [5.41, 5.74) is 1.23. The molecule has 1 fully saturated rings. The summed E-state index contributed by atoms with van der Waals surface area (Å²) in [6, 6.07) is 4.01. The number of hydrogen-bond acceptors (Lipinski definition) is 3. The summed E-state index contributed by atoms with van der Waals surface area (Å²) in [6.45, 7) is 1.64. The number of piperidine rings is 1. The number of aryl methyl sites for hydroxylation is 1. The van der Waals surface area contributed by atoms with Gasteiger partial charge in [-0.25, -0.2) is 0 Å². The first-order valence-electron chi connectivity index (χ1n) is 7.21. The van der Waals surface area contributed by atoms with Gasteiger partial charge in [-0.2, -0.15) is 5.10 Å². The van der Waals surface area contributed by atoms with Crippen LogP contribution in [0.5, 0.6) is 0 Å². The maximum Gasteiger partial charge on any atom is 0.246 e. The Kier molecular flexibility index (Phi) is 4.20. The number of carbonyl (C=O) groups is 1. The summed E-state index contributed by atoms with van der Waals surface area (Å²) < 4.78 is 1.83. The van der Waals surface area contributed by atoms with Crippen LogP contribution in [0.2, 0.25) is 0 Å². The third kappa shape index (κ3) is 3.42. The number of hydrogen-bond donors (Lipinski definition) is 0. The zero-order valence-corrected chi connectivity index (χ0v) is 12.9. The van der Waals surface area contributed by atoms with Gasteiger partial charge in [0, 0.05) is 43.2 Å². The van der Waals surface area contributed by atoms with Crippen LogP contribution in [0.15, 0.2) is 36.0 Å². The second-order valence-electron chi connectivity index (χ2n) is 5.42. The fourth-order valence-corrected chi connectivity index (χ4v) is 3.36. The minimum Gasteiger partial charge on any atom is -0.339 e. The Morgan fingerprint density at radius 3 is 3.14 bits per heavy atom. The Bertz CT molecular complexity index is 630. The highest BCUT2D eigenvalue weighted by atomic mass is 32.1. The number of likely N-dealkylation sites (tertiary alicyclic amines) is 1. The largest absolute Gasteiger partial charge is 0.339 e. The SMILES string of the molecule is Cn1cc(C2CCCN(C(=O)C=Cc3cccs3)C2)cn1. The van der Waals surface area contributed by atoms with E-state index in [1.54, 1.807) is 17.4 Å². The van der Waals surface area contributed by atoms with Crippen LogP contribution in [0.25, 0.3) is 6.08 Å². The quantitative estimate of drug-likeness (QED) is 0.818. The van der Waals surface area contributed by atoms with E-state index in [9.17, 15) is 4.79 Å². The second kappa shape index (κ2) is 6.26. The van der Waals surface area contributed by atoms with Gasteiger partial charge in [-0.3, -0.25) is 9.48 Å². The molecule has 2 aromatic heterocycles. The minimum atomic E-state index is 0.108. The van der Waals surface area contributed by atoms with Crippen molar-refractivity contribution >= 4 is 23.3 Å².